The molecule has 4 N–H and O–H groups in total. The third-order valence-corrected chi connectivity index (χ3v) is 12.2. The molecule has 58 heavy (non-hydrogen) atoms. The van der Waals surface area contributed by atoms with Crippen molar-refractivity contribution in [1.29, 1.82) is 0 Å². The molecule has 3 saturated carbocycles. The topological polar surface area (TPSA) is 231 Å². The number of alkyl carbamates (subject to hydrolysis) is 1. The highest BCUT2D eigenvalue weighted by molar-refractivity contribution is 6.02. The molecule has 4 aliphatic rings. The molecule has 0 heterocycles. The largest absolute Gasteiger partial charge is 0.459 e. The van der Waals surface area contributed by atoms with Crippen molar-refractivity contribution in [3.05, 3.63) is 58.5 Å². The lowest BCUT2D eigenvalue weighted by Crippen LogP contribution is -2.75. The zero-order chi connectivity index (χ0) is 43.1. The Bertz CT molecular complexity index is 1880. The summed E-state index contributed by atoms with van der Waals surface area (Å²) < 4.78 is 35.0. The molecule has 16 heteroatoms. The van der Waals surface area contributed by atoms with Crippen LogP contribution in [0.1, 0.15) is 97.9 Å². The number of Topliss-reactive ketones (excluding diaryl/α,β-unsaturated/α-hetero) is 1. The molecule has 0 spiro atoms. The number of carbonyl (C=O) groups is 6. The van der Waals surface area contributed by atoms with Crippen molar-refractivity contribution in [3.8, 4) is 0 Å². The molecule has 3 fully saturated rings. The second-order valence-electron chi connectivity index (χ2n) is 16.8. The van der Waals surface area contributed by atoms with Gasteiger partial charge in [-0.3, -0.25) is 19.7 Å². The zero-order valence-electron chi connectivity index (χ0n) is 34.4. The lowest BCUT2D eigenvalue weighted by atomic mass is 9.46. The fourth-order valence-corrected chi connectivity index (χ4v) is 9.32. The van der Waals surface area contributed by atoms with Gasteiger partial charge in [-0.25, -0.2) is 14.4 Å². The van der Waals surface area contributed by atoms with Crippen LogP contribution in [0.3, 0.4) is 0 Å². The van der Waals surface area contributed by atoms with Crippen LogP contribution in [-0.4, -0.2) is 107 Å². The number of esters is 4. The van der Waals surface area contributed by atoms with Gasteiger partial charge in [-0.15, -0.1) is 0 Å². The van der Waals surface area contributed by atoms with E-state index in [1.807, 2.05) is 0 Å². The van der Waals surface area contributed by atoms with Gasteiger partial charge in [-0.2, -0.15) is 0 Å². The zero-order valence-corrected chi connectivity index (χ0v) is 34.4. The van der Waals surface area contributed by atoms with Crippen LogP contribution >= 0.6 is 0 Å². The number of ether oxygens (including phenoxy) is 6. The fraction of sp³-hybridized carbons (Fsp3) is 0.619. The monoisotopic (exact) mass is 813 g/mol. The first-order chi connectivity index (χ1) is 27.0. The van der Waals surface area contributed by atoms with Crippen LogP contribution in [0.25, 0.3) is 0 Å². The van der Waals surface area contributed by atoms with Crippen LogP contribution in [0.15, 0.2) is 52.9 Å². The molecule has 1 aromatic rings. The normalized spacial score (nSPS) is 31.8. The average molecular weight is 814 g/mol. The molecule has 0 radical (unpaired) electrons. The maximum atomic E-state index is 15.4. The molecule has 9 atom stereocenters. The number of aliphatic hydroxyl groups excluding tert-OH is 2. The number of benzene rings is 1. The third-order valence-electron chi connectivity index (χ3n) is 12.2. The highest BCUT2D eigenvalue weighted by atomic mass is 16.6. The number of fused-ring (bicyclic) bond motifs is 3. The van der Waals surface area contributed by atoms with E-state index in [9.17, 15) is 39.3 Å². The first-order valence-corrected chi connectivity index (χ1v) is 19.5. The van der Waals surface area contributed by atoms with Crippen molar-refractivity contribution in [2.45, 2.75) is 129 Å². The van der Waals surface area contributed by atoms with E-state index in [-0.39, 0.29) is 36.3 Å². The number of hydrogen-bond acceptors (Lipinski definition) is 15. The highest BCUT2D eigenvalue weighted by Gasteiger charge is 2.74. The van der Waals surface area contributed by atoms with Gasteiger partial charge in [0.1, 0.15) is 23.4 Å². The van der Waals surface area contributed by atoms with Crippen LogP contribution in [0.2, 0.25) is 0 Å². The number of ketones is 1. The summed E-state index contributed by atoms with van der Waals surface area (Å²) in [4.78, 5) is 82.0. The number of nitrogens with one attached hydrogen (secondary N) is 1. The summed E-state index contributed by atoms with van der Waals surface area (Å²) in [5, 5.41) is 39.3. The predicted octanol–water partition coefficient (Wildman–Crippen LogP) is 3.59. The van der Waals surface area contributed by atoms with Crippen molar-refractivity contribution >= 4 is 35.8 Å². The van der Waals surface area contributed by atoms with Crippen LogP contribution in [0.4, 0.5) is 4.79 Å². The summed E-state index contributed by atoms with van der Waals surface area (Å²) >= 11 is 0. The molecule has 318 valence electrons. The molecule has 1 amide bonds. The Labute approximate surface area is 337 Å². The van der Waals surface area contributed by atoms with Gasteiger partial charge in [0.2, 0.25) is 5.78 Å². The molecule has 1 aromatic carbocycles. The van der Waals surface area contributed by atoms with E-state index in [0.717, 1.165) is 13.8 Å². The standard InChI is InChI=1S/C42H55NO15/c1-21(2)54-38(51)43-30(25-15-16-25)31(47)37(50)56-27-19-42(52)35(57-36(49)26-13-11-10-12-14-26)33-40(8,28(46)17-18-41(33,20-53-9)58-24(5)45)34(48)32(55-23(4)44)29(22(27)3)39(42,6)7/h10-14,21-22,27-28,31,33,35,46-47,52H,15-20H2,1-9H3,(H,43,51)/t22?,27?,28-,31+,33-,35-,40+,41+,42+/m0/s1. The molecule has 16 nitrogen and oxygen atoms in total. The second-order valence-corrected chi connectivity index (χ2v) is 16.8. The van der Waals surface area contributed by atoms with Gasteiger partial charge in [0.05, 0.1) is 41.4 Å². The minimum absolute atomic E-state index is 0.00353. The molecule has 0 saturated heterocycles. The van der Waals surface area contributed by atoms with Gasteiger partial charge in [-0.1, -0.05) is 39.0 Å². The number of rotatable bonds is 11. The smallest absolute Gasteiger partial charge is 0.411 e. The number of allylic oxidation sites excluding steroid dienone is 2. The average Bonchev–Trinajstić information content (AvgIpc) is 3.98. The Morgan fingerprint density at radius 3 is 2.17 bits per heavy atom. The molecule has 0 aliphatic heterocycles. The Kier molecular flexibility index (Phi) is 12.7. The van der Waals surface area contributed by atoms with Crippen LogP contribution in [-0.2, 0) is 47.6 Å². The second kappa shape index (κ2) is 16.5. The van der Waals surface area contributed by atoms with Crippen molar-refractivity contribution in [2.24, 2.45) is 22.7 Å². The molecule has 4 aliphatic carbocycles. The highest BCUT2D eigenvalue weighted by Crippen LogP contribution is 2.63. The van der Waals surface area contributed by atoms with Gasteiger partial charge in [0.25, 0.3) is 0 Å². The molecule has 2 bridgehead atoms. The van der Waals surface area contributed by atoms with Gasteiger partial charge < -0.3 is 43.7 Å². The van der Waals surface area contributed by atoms with Gasteiger partial charge >= 0.3 is 30.0 Å². The molecule has 2 unspecified atom stereocenters. The fourth-order valence-electron chi connectivity index (χ4n) is 9.32. The third kappa shape index (κ3) is 8.03. The molecular weight excluding hydrogens is 758 g/mol. The maximum Gasteiger partial charge on any atom is 0.411 e. The van der Waals surface area contributed by atoms with E-state index in [1.54, 1.807) is 52.8 Å². The number of hydrogen-bond donors (Lipinski definition) is 4. The van der Waals surface area contributed by atoms with Gasteiger partial charge in [0, 0.05) is 38.7 Å². The van der Waals surface area contributed by atoms with E-state index in [1.165, 1.54) is 26.2 Å². The summed E-state index contributed by atoms with van der Waals surface area (Å²) in [6.45, 7) is 11.1. The number of aliphatic hydroxyl groups is 3. The van der Waals surface area contributed by atoms with Crippen molar-refractivity contribution in [2.75, 3.05) is 13.7 Å². The first kappa shape index (κ1) is 44.5. The lowest BCUT2D eigenvalue weighted by molar-refractivity contribution is -0.270. The van der Waals surface area contributed by atoms with E-state index in [0.29, 0.717) is 18.4 Å². The summed E-state index contributed by atoms with van der Waals surface area (Å²) in [6.07, 6.45) is -7.96. The van der Waals surface area contributed by atoms with Crippen molar-refractivity contribution < 1.29 is 72.5 Å². The van der Waals surface area contributed by atoms with Crippen molar-refractivity contribution in [1.82, 2.24) is 5.32 Å². The SMILES string of the molecule is COC[C@]1(OC(C)=O)CC[C@H](O)[C@@]2(C)C(=O)C(OC(C)=O)=C3C(C)C(OC(=O)[C@H](O)C(NC(=O)OC(C)C)=C4CC4)C[C@@](O)([C@@H](OC(=O)c4ccccc4)[C@H]12)C3(C)C. The lowest BCUT2D eigenvalue weighted by Gasteiger charge is -2.63. The molecule has 0 aromatic heterocycles. The molecular formula is C42H55NO15. The van der Waals surface area contributed by atoms with E-state index in [2.05, 4.69) is 5.32 Å². The Balaban J connectivity index is 1.76. The summed E-state index contributed by atoms with van der Waals surface area (Å²) in [5.41, 5.74) is -7.46. The minimum atomic E-state index is -2.39. The number of amides is 1. The Hall–Kier alpha value is -4.64. The number of methoxy groups -OCH3 is 1. The van der Waals surface area contributed by atoms with E-state index in [4.69, 9.17) is 28.4 Å². The van der Waals surface area contributed by atoms with Crippen molar-refractivity contribution in [3.63, 3.8) is 0 Å². The van der Waals surface area contributed by atoms with Crippen LogP contribution < -0.4 is 5.32 Å². The van der Waals surface area contributed by atoms with E-state index >= 15 is 4.79 Å². The maximum absolute atomic E-state index is 15.4. The first-order valence-electron chi connectivity index (χ1n) is 19.5. The Morgan fingerprint density at radius 1 is 0.983 bits per heavy atom. The number of carbonyl (C=O) groups excluding carboxylic acids is 6. The van der Waals surface area contributed by atoms with Crippen LogP contribution in [0, 0.1) is 22.7 Å². The predicted molar refractivity (Wildman–Crippen MR) is 202 cm³/mol. The molecule has 5 rings (SSSR count). The Morgan fingerprint density at radius 2 is 1.62 bits per heavy atom. The minimum Gasteiger partial charge on any atom is -0.459 e. The summed E-state index contributed by atoms with van der Waals surface area (Å²) in [6, 6.07) is 7.82. The quantitative estimate of drug-likeness (QED) is 0.185. The van der Waals surface area contributed by atoms with E-state index < -0.39 is 112 Å². The van der Waals surface area contributed by atoms with Crippen LogP contribution in [0.5, 0.6) is 0 Å². The van der Waals surface area contributed by atoms with Gasteiger partial charge in [-0.05, 0) is 69.7 Å². The summed E-state index contributed by atoms with van der Waals surface area (Å²) in [5.74, 6) is -7.97. The summed E-state index contributed by atoms with van der Waals surface area (Å²) in [7, 11) is 1.33. The van der Waals surface area contributed by atoms with Gasteiger partial charge in [0.15, 0.2) is 11.9 Å².